The second-order valence-electron chi connectivity index (χ2n) is 6.37. The van der Waals surface area contributed by atoms with E-state index in [-0.39, 0.29) is 6.03 Å². The summed E-state index contributed by atoms with van der Waals surface area (Å²) >= 11 is 0. The summed E-state index contributed by atoms with van der Waals surface area (Å²) in [6, 6.07) is -0.325. The summed E-state index contributed by atoms with van der Waals surface area (Å²) in [7, 11) is 0. The predicted molar refractivity (Wildman–Crippen MR) is 76.5 cm³/mol. The summed E-state index contributed by atoms with van der Waals surface area (Å²) in [5.74, 6) is 0.283. The van der Waals surface area contributed by atoms with Gasteiger partial charge >= 0.3 is 12.0 Å². The van der Waals surface area contributed by atoms with Crippen LogP contribution in [0.4, 0.5) is 4.79 Å². The van der Waals surface area contributed by atoms with Gasteiger partial charge in [-0.1, -0.05) is 19.8 Å². The van der Waals surface area contributed by atoms with Gasteiger partial charge in [-0.3, -0.25) is 0 Å². The van der Waals surface area contributed by atoms with Crippen molar-refractivity contribution in [3.05, 3.63) is 0 Å². The van der Waals surface area contributed by atoms with Gasteiger partial charge in [0, 0.05) is 6.54 Å². The Kier molecular flexibility index (Phi) is 4.89. The third kappa shape index (κ3) is 3.44. The molecule has 2 rings (SSSR count). The Morgan fingerprint density at radius 2 is 1.80 bits per heavy atom. The molecule has 114 valence electrons. The van der Waals surface area contributed by atoms with E-state index < -0.39 is 11.5 Å². The van der Waals surface area contributed by atoms with E-state index >= 15 is 0 Å². The van der Waals surface area contributed by atoms with Crippen molar-refractivity contribution in [2.24, 2.45) is 11.8 Å². The molecule has 20 heavy (non-hydrogen) atoms. The summed E-state index contributed by atoms with van der Waals surface area (Å²) in [5.41, 5.74) is -1.06. The van der Waals surface area contributed by atoms with Crippen LogP contribution < -0.4 is 10.6 Å². The van der Waals surface area contributed by atoms with Crippen LogP contribution in [-0.2, 0) is 4.79 Å². The number of carboxylic acid groups (broad SMARTS) is 1. The third-order valence-electron chi connectivity index (χ3n) is 5.07. The van der Waals surface area contributed by atoms with Crippen LogP contribution in [0.2, 0.25) is 0 Å². The molecule has 2 fully saturated rings. The van der Waals surface area contributed by atoms with Crippen LogP contribution in [0.25, 0.3) is 0 Å². The molecule has 3 N–H and O–H groups in total. The molecule has 0 saturated heterocycles. The largest absolute Gasteiger partial charge is 0.480 e. The summed E-state index contributed by atoms with van der Waals surface area (Å²) in [4.78, 5) is 23.5. The number of nitrogens with one attached hydrogen (secondary N) is 2. The Morgan fingerprint density at radius 1 is 1.15 bits per heavy atom. The van der Waals surface area contributed by atoms with Gasteiger partial charge in [0.25, 0.3) is 0 Å². The molecule has 0 aromatic carbocycles. The van der Waals surface area contributed by atoms with Crippen molar-refractivity contribution < 1.29 is 14.7 Å². The fourth-order valence-corrected chi connectivity index (χ4v) is 3.17. The average molecular weight is 282 g/mol. The lowest BCUT2D eigenvalue weighted by Gasteiger charge is -2.37. The zero-order valence-electron chi connectivity index (χ0n) is 12.3. The number of carboxylic acids is 1. The minimum Gasteiger partial charge on any atom is -0.480 e. The Balaban J connectivity index is 1.85. The number of hydrogen-bond donors (Lipinski definition) is 3. The van der Waals surface area contributed by atoms with Crippen molar-refractivity contribution in [1.29, 1.82) is 0 Å². The normalized spacial score (nSPS) is 30.4. The van der Waals surface area contributed by atoms with Crippen molar-refractivity contribution in [3.8, 4) is 0 Å². The van der Waals surface area contributed by atoms with E-state index in [2.05, 4.69) is 17.6 Å². The van der Waals surface area contributed by atoms with Gasteiger partial charge in [-0.2, -0.15) is 0 Å². The molecule has 0 bridgehead atoms. The van der Waals surface area contributed by atoms with Crippen LogP contribution in [0.15, 0.2) is 0 Å². The van der Waals surface area contributed by atoms with Gasteiger partial charge in [0.05, 0.1) is 0 Å². The minimum atomic E-state index is -1.06. The standard InChI is InChI=1S/C15H26N2O3/c1-2-11-6-8-15(9-7-11,13(18)19)17-14(20)16-10-12-4-3-5-12/h11-12H,2-10H2,1H3,(H,18,19)(H2,16,17,20). The maximum atomic E-state index is 11.9. The lowest BCUT2D eigenvalue weighted by molar-refractivity contribution is -0.146. The molecule has 5 nitrogen and oxygen atoms in total. The monoisotopic (exact) mass is 282 g/mol. The van der Waals surface area contributed by atoms with Crippen LogP contribution in [0.5, 0.6) is 0 Å². The van der Waals surface area contributed by atoms with Crippen molar-refractivity contribution in [1.82, 2.24) is 10.6 Å². The molecular formula is C15H26N2O3. The molecule has 0 unspecified atom stereocenters. The molecule has 2 aliphatic carbocycles. The quantitative estimate of drug-likeness (QED) is 0.725. The predicted octanol–water partition coefficient (Wildman–Crippen LogP) is 2.51. The van der Waals surface area contributed by atoms with E-state index in [0.29, 0.717) is 31.2 Å². The molecule has 0 aliphatic heterocycles. The maximum Gasteiger partial charge on any atom is 0.329 e. The van der Waals surface area contributed by atoms with Crippen LogP contribution in [0.3, 0.4) is 0 Å². The Morgan fingerprint density at radius 3 is 2.25 bits per heavy atom. The van der Waals surface area contributed by atoms with E-state index in [9.17, 15) is 14.7 Å². The molecule has 0 radical (unpaired) electrons. The maximum absolute atomic E-state index is 11.9. The Hall–Kier alpha value is -1.26. The minimum absolute atomic E-state index is 0.325. The third-order valence-corrected chi connectivity index (χ3v) is 5.07. The van der Waals surface area contributed by atoms with E-state index in [4.69, 9.17) is 0 Å². The smallest absolute Gasteiger partial charge is 0.329 e. The number of amides is 2. The highest BCUT2D eigenvalue weighted by atomic mass is 16.4. The van der Waals surface area contributed by atoms with Crippen molar-refractivity contribution in [2.45, 2.75) is 63.8 Å². The van der Waals surface area contributed by atoms with Gasteiger partial charge in [-0.25, -0.2) is 9.59 Å². The first-order valence-corrected chi connectivity index (χ1v) is 7.85. The van der Waals surface area contributed by atoms with Gasteiger partial charge in [-0.05, 0) is 50.4 Å². The first-order chi connectivity index (χ1) is 9.55. The fraction of sp³-hybridized carbons (Fsp3) is 0.867. The van der Waals surface area contributed by atoms with E-state index in [1.807, 2.05) is 0 Å². The number of urea groups is 1. The molecule has 0 aromatic heterocycles. The van der Waals surface area contributed by atoms with E-state index in [1.165, 1.54) is 19.3 Å². The second kappa shape index (κ2) is 6.46. The number of rotatable bonds is 5. The van der Waals surface area contributed by atoms with Crippen LogP contribution in [0, 0.1) is 11.8 Å². The van der Waals surface area contributed by atoms with Gasteiger partial charge in [0.2, 0.25) is 0 Å². The first-order valence-electron chi connectivity index (χ1n) is 7.85. The van der Waals surface area contributed by atoms with Crippen molar-refractivity contribution >= 4 is 12.0 Å². The molecule has 0 heterocycles. The zero-order valence-corrected chi connectivity index (χ0v) is 12.3. The summed E-state index contributed by atoms with van der Waals surface area (Å²) in [5, 5.41) is 15.0. The van der Waals surface area contributed by atoms with Crippen LogP contribution in [-0.4, -0.2) is 29.2 Å². The molecule has 5 heteroatoms. The molecule has 2 saturated carbocycles. The summed E-state index contributed by atoms with van der Waals surface area (Å²) < 4.78 is 0. The average Bonchev–Trinajstić information content (AvgIpc) is 2.37. The fourth-order valence-electron chi connectivity index (χ4n) is 3.17. The lowest BCUT2D eigenvalue weighted by atomic mass is 9.75. The van der Waals surface area contributed by atoms with E-state index in [1.54, 1.807) is 0 Å². The van der Waals surface area contributed by atoms with Crippen molar-refractivity contribution in [3.63, 3.8) is 0 Å². The number of aliphatic carboxylic acids is 1. The lowest BCUT2D eigenvalue weighted by Crippen LogP contribution is -2.59. The van der Waals surface area contributed by atoms with Crippen LogP contribution in [0.1, 0.15) is 58.3 Å². The Bertz CT molecular complexity index is 358. The number of carbonyl (C=O) groups excluding carboxylic acids is 1. The second-order valence-corrected chi connectivity index (χ2v) is 6.37. The van der Waals surface area contributed by atoms with Crippen LogP contribution >= 0.6 is 0 Å². The highest BCUT2D eigenvalue weighted by Gasteiger charge is 2.43. The molecule has 0 atom stereocenters. The van der Waals surface area contributed by atoms with Crippen molar-refractivity contribution in [2.75, 3.05) is 6.54 Å². The van der Waals surface area contributed by atoms with Gasteiger partial charge in [0.15, 0.2) is 0 Å². The number of hydrogen-bond acceptors (Lipinski definition) is 2. The highest BCUT2D eigenvalue weighted by Crippen LogP contribution is 2.34. The summed E-state index contributed by atoms with van der Waals surface area (Å²) in [6.07, 6.45) is 7.51. The SMILES string of the molecule is CCC1CCC(NC(=O)NCC2CCC2)(C(=O)O)CC1. The molecular weight excluding hydrogens is 256 g/mol. The molecule has 0 aromatic rings. The highest BCUT2D eigenvalue weighted by molar-refractivity contribution is 5.86. The molecule has 2 amide bonds. The zero-order chi connectivity index (χ0) is 14.6. The first kappa shape index (κ1) is 15.1. The van der Waals surface area contributed by atoms with Gasteiger partial charge in [0.1, 0.15) is 5.54 Å². The van der Waals surface area contributed by atoms with E-state index in [0.717, 1.165) is 19.3 Å². The topological polar surface area (TPSA) is 78.4 Å². The summed E-state index contributed by atoms with van der Waals surface area (Å²) in [6.45, 7) is 2.80. The van der Waals surface area contributed by atoms with Gasteiger partial charge < -0.3 is 15.7 Å². The Labute approximate surface area is 120 Å². The molecule has 2 aliphatic rings. The number of carbonyl (C=O) groups is 2. The molecule has 0 spiro atoms. The van der Waals surface area contributed by atoms with Gasteiger partial charge in [-0.15, -0.1) is 0 Å².